The van der Waals surface area contributed by atoms with Crippen molar-refractivity contribution < 1.29 is 9.15 Å². The van der Waals surface area contributed by atoms with Gasteiger partial charge in [-0.1, -0.05) is 6.07 Å². The molecule has 0 aliphatic carbocycles. The van der Waals surface area contributed by atoms with Crippen molar-refractivity contribution in [1.82, 2.24) is 20.1 Å². The average molecular weight is 338 g/mol. The lowest BCUT2D eigenvalue weighted by Gasteiger charge is -2.22. The molecule has 4 heterocycles. The minimum atomic E-state index is -0.0233. The van der Waals surface area contributed by atoms with Crippen LogP contribution in [0, 0.1) is 6.92 Å². The highest BCUT2D eigenvalue weighted by Crippen LogP contribution is 2.25. The van der Waals surface area contributed by atoms with Gasteiger partial charge in [0.2, 0.25) is 0 Å². The molecule has 0 aromatic carbocycles. The molecule has 1 atom stereocenters. The Bertz CT molecular complexity index is 825. The Kier molecular flexibility index (Phi) is 4.63. The van der Waals surface area contributed by atoms with Crippen molar-refractivity contribution in [1.29, 1.82) is 0 Å². The van der Waals surface area contributed by atoms with Crippen molar-refractivity contribution in [2.24, 2.45) is 0 Å². The monoisotopic (exact) mass is 338 g/mol. The fourth-order valence-corrected chi connectivity index (χ4v) is 3.13. The predicted octanol–water partition coefficient (Wildman–Crippen LogP) is 2.63. The van der Waals surface area contributed by atoms with Gasteiger partial charge < -0.3 is 14.5 Å². The second-order valence-electron chi connectivity index (χ2n) is 6.31. The lowest BCUT2D eigenvalue weighted by atomic mass is 10.1. The summed E-state index contributed by atoms with van der Waals surface area (Å²) in [6.07, 6.45) is 4.82. The standard InChI is InChI=1S/C19H22N4O2/c1-14-5-6-17(25-14)10-20-11-18-19-15(7-9-24-18)12-23(22-19)13-16-4-2-3-8-21-16/h2-6,8,12,18,20H,7,9-11,13H2,1H3. The third-order valence-electron chi connectivity index (χ3n) is 4.34. The molecule has 4 rings (SSSR count). The van der Waals surface area contributed by atoms with E-state index in [2.05, 4.69) is 16.5 Å². The van der Waals surface area contributed by atoms with Gasteiger partial charge in [-0.3, -0.25) is 9.67 Å². The van der Waals surface area contributed by atoms with Gasteiger partial charge in [-0.25, -0.2) is 0 Å². The number of aromatic nitrogens is 3. The summed E-state index contributed by atoms with van der Waals surface area (Å²) in [5, 5.41) is 8.15. The zero-order valence-corrected chi connectivity index (χ0v) is 14.3. The van der Waals surface area contributed by atoms with Crippen molar-refractivity contribution in [3.05, 3.63) is 71.2 Å². The molecular formula is C19H22N4O2. The Morgan fingerprint density at radius 2 is 2.24 bits per heavy atom. The first-order valence-corrected chi connectivity index (χ1v) is 8.62. The summed E-state index contributed by atoms with van der Waals surface area (Å²) in [4.78, 5) is 4.37. The molecule has 25 heavy (non-hydrogen) atoms. The van der Waals surface area contributed by atoms with Crippen LogP contribution in [0.25, 0.3) is 0 Å². The van der Waals surface area contributed by atoms with Crippen molar-refractivity contribution >= 4 is 0 Å². The zero-order chi connectivity index (χ0) is 17.1. The van der Waals surface area contributed by atoms with Crippen LogP contribution < -0.4 is 5.32 Å². The van der Waals surface area contributed by atoms with E-state index < -0.39 is 0 Å². The number of nitrogens with zero attached hydrogens (tertiary/aromatic N) is 3. The molecule has 3 aromatic heterocycles. The van der Waals surface area contributed by atoms with Crippen LogP contribution in [0.2, 0.25) is 0 Å². The molecule has 6 heteroatoms. The molecule has 6 nitrogen and oxygen atoms in total. The minimum Gasteiger partial charge on any atom is -0.465 e. The number of nitrogens with one attached hydrogen (secondary N) is 1. The number of ether oxygens (including phenoxy) is 1. The highest BCUT2D eigenvalue weighted by atomic mass is 16.5. The summed E-state index contributed by atoms with van der Waals surface area (Å²) in [6.45, 7) is 4.77. The summed E-state index contributed by atoms with van der Waals surface area (Å²) in [7, 11) is 0. The Balaban J connectivity index is 1.40. The lowest BCUT2D eigenvalue weighted by molar-refractivity contribution is 0.0390. The summed E-state index contributed by atoms with van der Waals surface area (Å²) < 4.78 is 13.5. The summed E-state index contributed by atoms with van der Waals surface area (Å²) in [6, 6.07) is 9.91. The lowest BCUT2D eigenvalue weighted by Crippen LogP contribution is -2.27. The molecule has 0 saturated heterocycles. The summed E-state index contributed by atoms with van der Waals surface area (Å²) >= 11 is 0. The normalized spacial score (nSPS) is 16.8. The van der Waals surface area contributed by atoms with Gasteiger partial charge in [0.25, 0.3) is 0 Å². The average Bonchev–Trinajstić information content (AvgIpc) is 3.22. The Hall–Kier alpha value is -2.44. The van der Waals surface area contributed by atoms with Gasteiger partial charge in [0, 0.05) is 18.9 Å². The Labute approximate surface area is 146 Å². The van der Waals surface area contributed by atoms with Crippen LogP contribution in [0.1, 0.15) is 34.6 Å². The maximum Gasteiger partial charge on any atom is 0.117 e. The van der Waals surface area contributed by atoms with E-state index in [1.807, 2.05) is 48.1 Å². The van der Waals surface area contributed by atoms with Crippen molar-refractivity contribution in [3.63, 3.8) is 0 Å². The number of rotatable bonds is 6. The second kappa shape index (κ2) is 7.21. The predicted molar refractivity (Wildman–Crippen MR) is 93.1 cm³/mol. The molecule has 0 amide bonds. The van der Waals surface area contributed by atoms with E-state index in [9.17, 15) is 0 Å². The van der Waals surface area contributed by atoms with E-state index >= 15 is 0 Å². The van der Waals surface area contributed by atoms with Crippen LogP contribution in [0.15, 0.2) is 47.1 Å². The Morgan fingerprint density at radius 3 is 3.04 bits per heavy atom. The number of aryl methyl sites for hydroxylation is 1. The third-order valence-corrected chi connectivity index (χ3v) is 4.34. The van der Waals surface area contributed by atoms with Crippen LogP contribution in [-0.2, 0) is 24.2 Å². The van der Waals surface area contributed by atoms with E-state index in [0.717, 1.165) is 35.9 Å². The van der Waals surface area contributed by atoms with Gasteiger partial charge >= 0.3 is 0 Å². The van der Waals surface area contributed by atoms with Crippen molar-refractivity contribution in [2.75, 3.05) is 13.2 Å². The molecule has 130 valence electrons. The number of hydrogen-bond donors (Lipinski definition) is 1. The highest BCUT2D eigenvalue weighted by Gasteiger charge is 2.24. The summed E-state index contributed by atoms with van der Waals surface area (Å²) in [5.41, 5.74) is 3.30. The molecule has 1 N–H and O–H groups in total. The number of fused-ring (bicyclic) bond motifs is 1. The summed E-state index contributed by atoms with van der Waals surface area (Å²) in [5.74, 6) is 1.87. The van der Waals surface area contributed by atoms with Gasteiger partial charge in [0.15, 0.2) is 0 Å². The van der Waals surface area contributed by atoms with Crippen LogP contribution in [0.5, 0.6) is 0 Å². The molecule has 0 fully saturated rings. The van der Waals surface area contributed by atoms with Gasteiger partial charge in [-0.05, 0) is 43.2 Å². The quantitative estimate of drug-likeness (QED) is 0.748. The van der Waals surface area contributed by atoms with Crippen LogP contribution in [0.4, 0.5) is 0 Å². The van der Waals surface area contributed by atoms with E-state index in [4.69, 9.17) is 14.3 Å². The molecule has 1 aliphatic rings. The van der Waals surface area contributed by atoms with Crippen LogP contribution in [-0.4, -0.2) is 27.9 Å². The number of pyridine rings is 1. The molecule has 3 aromatic rings. The third kappa shape index (κ3) is 3.81. The Morgan fingerprint density at radius 1 is 1.28 bits per heavy atom. The van der Waals surface area contributed by atoms with E-state index in [-0.39, 0.29) is 6.10 Å². The first kappa shape index (κ1) is 16.1. The van der Waals surface area contributed by atoms with Gasteiger partial charge in [-0.15, -0.1) is 0 Å². The molecule has 0 saturated carbocycles. The topological polar surface area (TPSA) is 65.1 Å². The van der Waals surface area contributed by atoms with E-state index in [0.29, 0.717) is 19.6 Å². The van der Waals surface area contributed by atoms with Crippen molar-refractivity contribution in [3.8, 4) is 0 Å². The number of hydrogen-bond acceptors (Lipinski definition) is 5. The van der Waals surface area contributed by atoms with Gasteiger partial charge in [-0.2, -0.15) is 5.10 Å². The zero-order valence-electron chi connectivity index (χ0n) is 14.3. The minimum absolute atomic E-state index is 0.0233. The van der Waals surface area contributed by atoms with E-state index in [1.54, 1.807) is 0 Å². The fraction of sp³-hybridized carbons (Fsp3) is 0.368. The van der Waals surface area contributed by atoms with Gasteiger partial charge in [0.05, 0.1) is 31.1 Å². The second-order valence-corrected chi connectivity index (χ2v) is 6.31. The number of furan rings is 1. The SMILES string of the molecule is Cc1ccc(CNCC2OCCc3cn(Cc4ccccn4)nc32)o1. The maximum absolute atomic E-state index is 5.93. The van der Waals surface area contributed by atoms with Crippen LogP contribution in [0.3, 0.4) is 0 Å². The van der Waals surface area contributed by atoms with Crippen LogP contribution >= 0.6 is 0 Å². The molecule has 0 bridgehead atoms. The smallest absolute Gasteiger partial charge is 0.117 e. The first-order valence-electron chi connectivity index (χ1n) is 8.62. The molecule has 1 aliphatic heterocycles. The van der Waals surface area contributed by atoms with Gasteiger partial charge in [0.1, 0.15) is 17.6 Å². The fourth-order valence-electron chi connectivity index (χ4n) is 3.13. The molecule has 0 radical (unpaired) electrons. The molecular weight excluding hydrogens is 316 g/mol. The first-order chi connectivity index (χ1) is 12.3. The molecule has 0 spiro atoms. The molecule has 1 unspecified atom stereocenters. The van der Waals surface area contributed by atoms with Crippen molar-refractivity contribution in [2.45, 2.75) is 32.5 Å². The maximum atomic E-state index is 5.93. The van der Waals surface area contributed by atoms with E-state index in [1.165, 1.54) is 5.56 Å². The highest BCUT2D eigenvalue weighted by molar-refractivity contribution is 5.23. The largest absolute Gasteiger partial charge is 0.465 e.